The molecule has 0 atom stereocenters. The summed E-state index contributed by atoms with van der Waals surface area (Å²) in [6, 6.07) is 6.72. The van der Waals surface area contributed by atoms with Gasteiger partial charge in [-0.25, -0.2) is 4.68 Å². The molecule has 0 spiro atoms. The van der Waals surface area contributed by atoms with Crippen LogP contribution in [0.15, 0.2) is 29.1 Å². The Hall–Kier alpha value is -3.49. The normalized spacial score (nSPS) is 11.1. The summed E-state index contributed by atoms with van der Waals surface area (Å²) in [6.07, 6.45) is 0.0947. The molecule has 0 bridgehead atoms. The van der Waals surface area contributed by atoms with Crippen LogP contribution in [-0.2, 0) is 24.8 Å². The second-order valence-corrected chi connectivity index (χ2v) is 7.73. The van der Waals surface area contributed by atoms with Gasteiger partial charge in [0.25, 0.3) is 11.5 Å². The lowest BCUT2D eigenvalue weighted by molar-refractivity contribution is -0.121. The first-order chi connectivity index (χ1) is 14.2. The maximum absolute atomic E-state index is 12.6. The molecule has 9 nitrogen and oxygen atoms in total. The first-order valence-electron chi connectivity index (χ1n) is 9.77. The monoisotopic (exact) mass is 410 g/mol. The van der Waals surface area contributed by atoms with Gasteiger partial charge in [-0.1, -0.05) is 32.0 Å². The fraction of sp³-hybridized carbons (Fsp3) is 0.381. The lowest BCUT2D eigenvalue weighted by atomic mass is 10.1. The van der Waals surface area contributed by atoms with Crippen molar-refractivity contribution in [3.63, 3.8) is 0 Å². The average molecular weight is 410 g/mol. The van der Waals surface area contributed by atoms with Gasteiger partial charge < -0.3 is 0 Å². The molecule has 2 aromatic heterocycles. The van der Waals surface area contributed by atoms with Gasteiger partial charge in [-0.3, -0.25) is 29.9 Å². The van der Waals surface area contributed by atoms with Gasteiger partial charge in [-0.2, -0.15) is 10.2 Å². The SMILES string of the molecule is Cc1nn(CC(C)C)c(C)c1CC(=O)NNC(=O)c1nn(C)c(=O)c2ccccc12. The highest BCUT2D eigenvalue weighted by Gasteiger charge is 2.18. The summed E-state index contributed by atoms with van der Waals surface area (Å²) >= 11 is 0. The number of fused-ring (bicyclic) bond motifs is 1. The molecular weight excluding hydrogens is 384 g/mol. The Labute approximate surface area is 174 Å². The highest BCUT2D eigenvalue weighted by molar-refractivity contribution is 6.05. The minimum Gasteiger partial charge on any atom is -0.273 e. The summed E-state index contributed by atoms with van der Waals surface area (Å²) in [5.74, 6) is -0.528. The third-order valence-electron chi connectivity index (χ3n) is 4.89. The van der Waals surface area contributed by atoms with Crippen LogP contribution in [0.4, 0.5) is 0 Å². The van der Waals surface area contributed by atoms with Gasteiger partial charge in [-0.05, 0) is 25.8 Å². The predicted octanol–water partition coefficient (Wildman–Crippen LogP) is 1.41. The highest BCUT2D eigenvalue weighted by atomic mass is 16.2. The molecule has 0 fully saturated rings. The highest BCUT2D eigenvalue weighted by Crippen LogP contribution is 2.15. The van der Waals surface area contributed by atoms with E-state index in [2.05, 4.69) is 34.9 Å². The Balaban J connectivity index is 1.73. The largest absolute Gasteiger partial charge is 0.290 e. The van der Waals surface area contributed by atoms with Crippen LogP contribution in [0.25, 0.3) is 10.8 Å². The number of carbonyl (C=O) groups is 2. The number of rotatable bonds is 5. The van der Waals surface area contributed by atoms with Crippen molar-refractivity contribution in [2.45, 2.75) is 40.7 Å². The number of benzene rings is 1. The minimum absolute atomic E-state index is 0.0603. The quantitative estimate of drug-likeness (QED) is 0.618. The van der Waals surface area contributed by atoms with E-state index in [9.17, 15) is 14.4 Å². The Morgan fingerprint density at radius 2 is 1.73 bits per heavy atom. The second kappa shape index (κ2) is 8.48. The molecular formula is C21H26N6O3. The number of hydrazine groups is 1. The fourth-order valence-corrected chi connectivity index (χ4v) is 3.37. The Kier molecular flexibility index (Phi) is 6.00. The van der Waals surface area contributed by atoms with Gasteiger partial charge in [0.2, 0.25) is 5.91 Å². The molecule has 2 amide bonds. The first kappa shape index (κ1) is 21.2. The van der Waals surface area contributed by atoms with Crippen LogP contribution in [0.1, 0.15) is 41.3 Å². The van der Waals surface area contributed by atoms with E-state index < -0.39 is 5.91 Å². The van der Waals surface area contributed by atoms with Crippen molar-refractivity contribution in [3.05, 3.63) is 57.3 Å². The molecule has 2 N–H and O–H groups in total. The van der Waals surface area contributed by atoms with Gasteiger partial charge in [0, 0.05) is 30.2 Å². The lowest BCUT2D eigenvalue weighted by Crippen LogP contribution is -2.43. The van der Waals surface area contributed by atoms with E-state index >= 15 is 0 Å². The van der Waals surface area contributed by atoms with Crippen molar-refractivity contribution < 1.29 is 9.59 Å². The zero-order valence-corrected chi connectivity index (χ0v) is 17.8. The number of aryl methyl sites for hydroxylation is 2. The van der Waals surface area contributed by atoms with E-state index in [0.29, 0.717) is 16.7 Å². The summed E-state index contributed by atoms with van der Waals surface area (Å²) in [5, 5.41) is 9.36. The summed E-state index contributed by atoms with van der Waals surface area (Å²) in [7, 11) is 1.48. The van der Waals surface area contributed by atoms with Gasteiger partial charge in [0.1, 0.15) is 0 Å². The Morgan fingerprint density at radius 1 is 1.07 bits per heavy atom. The smallest absolute Gasteiger partial charge is 0.273 e. The Bertz CT molecular complexity index is 1180. The number of aromatic nitrogens is 4. The third-order valence-corrected chi connectivity index (χ3v) is 4.89. The fourth-order valence-electron chi connectivity index (χ4n) is 3.37. The second-order valence-electron chi connectivity index (χ2n) is 7.73. The number of carbonyl (C=O) groups excluding carboxylic acids is 2. The van der Waals surface area contributed by atoms with Crippen LogP contribution >= 0.6 is 0 Å². The Morgan fingerprint density at radius 3 is 2.40 bits per heavy atom. The number of hydrogen-bond acceptors (Lipinski definition) is 5. The van der Waals surface area contributed by atoms with Crippen LogP contribution in [0.3, 0.4) is 0 Å². The molecule has 30 heavy (non-hydrogen) atoms. The molecule has 0 aliphatic rings. The summed E-state index contributed by atoms with van der Waals surface area (Å²) in [5.41, 5.74) is 7.16. The molecule has 158 valence electrons. The topological polar surface area (TPSA) is 111 Å². The molecule has 0 saturated heterocycles. The number of amides is 2. The first-order valence-corrected chi connectivity index (χ1v) is 9.77. The van der Waals surface area contributed by atoms with E-state index in [-0.39, 0.29) is 23.6 Å². The molecule has 0 unspecified atom stereocenters. The molecule has 3 rings (SSSR count). The van der Waals surface area contributed by atoms with E-state index in [1.54, 1.807) is 24.3 Å². The van der Waals surface area contributed by atoms with Gasteiger partial charge in [0.05, 0.1) is 17.5 Å². The molecule has 0 radical (unpaired) electrons. The minimum atomic E-state index is -0.598. The summed E-state index contributed by atoms with van der Waals surface area (Å²) < 4.78 is 3.01. The van der Waals surface area contributed by atoms with E-state index in [1.807, 2.05) is 18.5 Å². The van der Waals surface area contributed by atoms with E-state index in [0.717, 1.165) is 28.2 Å². The van der Waals surface area contributed by atoms with Crippen molar-refractivity contribution in [1.29, 1.82) is 0 Å². The number of nitrogens with one attached hydrogen (secondary N) is 2. The molecule has 3 aromatic rings. The van der Waals surface area contributed by atoms with Crippen LogP contribution < -0.4 is 16.4 Å². The molecule has 0 aliphatic carbocycles. The zero-order chi connectivity index (χ0) is 22.0. The molecule has 0 saturated carbocycles. The molecule has 0 aliphatic heterocycles. The van der Waals surface area contributed by atoms with Crippen molar-refractivity contribution in [1.82, 2.24) is 30.4 Å². The van der Waals surface area contributed by atoms with Crippen molar-refractivity contribution in [2.75, 3.05) is 0 Å². The molecule has 2 heterocycles. The standard InChI is InChI=1S/C21H26N6O3/c1-12(2)11-27-14(4)17(13(3)24-27)10-18(28)22-23-20(29)19-15-8-6-7-9-16(15)21(30)26(5)25-19/h6-9,12H,10-11H2,1-5H3,(H,22,28)(H,23,29). The van der Waals surface area contributed by atoms with Crippen molar-refractivity contribution in [3.8, 4) is 0 Å². The molecule has 9 heteroatoms. The summed E-state index contributed by atoms with van der Waals surface area (Å²) in [6.45, 7) is 8.79. The van der Waals surface area contributed by atoms with Crippen LogP contribution in [-0.4, -0.2) is 31.4 Å². The zero-order valence-electron chi connectivity index (χ0n) is 17.8. The van der Waals surface area contributed by atoms with Gasteiger partial charge >= 0.3 is 0 Å². The van der Waals surface area contributed by atoms with Crippen molar-refractivity contribution >= 4 is 22.6 Å². The number of nitrogens with zero attached hydrogens (tertiary/aromatic N) is 4. The maximum atomic E-state index is 12.6. The maximum Gasteiger partial charge on any atom is 0.290 e. The van der Waals surface area contributed by atoms with Crippen LogP contribution in [0, 0.1) is 19.8 Å². The van der Waals surface area contributed by atoms with Crippen molar-refractivity contribution in [2.24, 2.45) is 13.0 Å². The average Bonchev–Trinajstić information content (AvgIpc) is 2.95. The van der Waals surface area contributed by atoms with E-state index in [4.69, 9.17) is 0 Å². The molecule has 1 aromatic carbocycles. The third kappa shape index (κ3) is 4.24. The predicted molar refractivity (Wildman–Crippen MR) is 113 cm³/mol. The van der Waals surface area contributed by atoms with E-state index in [1.165, 1.54) is 7.05 Å². The van der Waals surface area contributed by atoms with Crippen LogP contribution in [0.2, 0.25) is 0 Å². The number of hydrogen-bond donors (Lipinski definition) is 2. The van der Waals surface area contributed by atoms with Crippen LogP contribution in [0.5, 0.6) is 0 Å². The van der Waals surface area contributed by atoms with Gasteiger partial charge in [-0.15, -0.1) is 0 Å². The van der Waals surface area contributed by atoms with Gasteiger partial charge in [0.15, 0.2) is 5.69 Å². The summed E-state index contributed by atoms with van der Waals surface area (Å²) in [4.78, 5) is 37.2. The lowest BCUT2D eigenvalue weighted by Gasteiger charge is -2.10.